The van der Waals surface area contributed by atoms with Crippen molar-refractivity contribution >= 4 is 23.4 Å². The van der Waals surface area contributed by atoms with Crippen LogP contribution >= 0.6 is 12.4 Å². The van der Waals surface area contributed by atoms with Crippen LogP contribution in [0.4, 0.5) is 4.39 Å². The van der Waals surface area contributed by atoms with Crippen LogP contribution in [0.3, 0.4) is 0 Å². The molecule has 1 N–H and O–H groups in total. The van der Waals surface area contributed by atoms with Crippen molar-refractivity contribution < 1.29 is 4.39 Å². The van der Waals surface area contributed by atoms with E-state index in [4.69, 9.17) is 4.98 Å². The second-order valence-electron chi connectivity index (χ2n) is 6.27. The molecule has 0 saturated carbocycles. The van der Waals surface area contributed by atoms with E-state index in [2.05, 4.69) is 10.2 Å². The lowest BCUT2D eigenvalue weighted by atomic mass is 10.1. The van der Waals surface area contributed by atoms with E-state index in [9.17, 15) is 4.39 Å². The first-order chi connectivity index (χ1) is 13.3. The molecular formula is C22H16ClFN4. The van der Waals surface area contributed by atoms with Gasteiger partial charge in [0.2, 0.25) is 0 Å². The molecule has 0 unspecified atom stereocenters. The lowest BCUT2D eigenvalue weighted by Gasteiger charge is -2.06. The third kappa shape index (κ3) is 3.06. The van der Waals surface area contributed by atoms with Gasteiger partial charge in [0.1, 0.15) is 11.6 Å². The first-order valence-corrected chi connectivity index (χ1v) is 8.64. The second-order valence-corrected chi connectivity index (χ2v) is 6.27. The summed E-state index contributed by atoms with van der Waals surface area (Å²) in [6.07, 6.45) is 0. The third-order valence-electron chi connectivity index (χ3n) is 4.54. The summed E-state index contributed by atoms with van der Waals surface area (Å²) in [4.78, 5) is 4.76. The van der Waals surface area contributed by atoms with E-state index in [-0.39, 0.29) is 18.2 Å². The van der Waals surface area contributed by atoms with Gasteiger partial charge in [-0.05, 0) is 42.0 Å². The topological polar surface area (TPSA) is 46.5 Å². The van der Waals surface area contributed by atoms with Gasteiger partial charge in [-0.25, -0.2) is 9.37 Å². The van der Waals surface area contributed by atoms with E-state index in [1.807, 2.05) is 65.2 Å². The number of H-pyrrole nitrogens is 1. The van der Waals surface area contributed by atoms with Gasteiger partial charge in [-0.3, -0.25) is 9.67 Å². The quantitative estimate of drug-likeness (QED) is 0.433. The van der Waals surface area contributed by atoms with Crippen molar-refractivity contribution in [3.05, 3.63) is 90.7 Å². The van der Waals surface area contributed by atoms with Gasteiger partial charge < -0.3 is 0 Å². The van der Waals surface area contributed by atoms with E-state index < -0.39 is 0 Å². The fourth-order valence-electron chi connectivity index (χ4n) is 3.24. The molecule has 138 valence electrons. The Morgan fingerprint density at radius 1 is 0.786 bits per heavy atom. The highest BCUT2D eigenvalue weighted by atomic mass is 35.5. The monoisotopic (exact) mass is 390 g/mol. The van der Waals surface area contributed by atoms with Crippen LogP contribution in [0.15, 0.2) is 84.9 Å². The van der Waals surface area contributed by atoms with Crippen LogP contribution < -0.4 is 0 Å². The van der Waals surface area contributed by atoms with Gasteiger partial charge in [0.05, 0.1) is 16.7 Å². The molecule has 5 rings (SSSR count). The molecule has 0 spiro atoms. The number of nitrogens with one attached hydrogen (secondary N) is 1. The minimum absolute atomic E-state index is 0. The highest BCUT2D eigenvalue weighted by Crippen LogP contribution is 2.29. The van der Waals surface area contributed by atoms with Crippen molar-refractivity contribution in [3.8, 4) is 28.5 Å². The number of imidazole rings is 1. The number of hydrogen-bond donors (Lipinski definition) is 1. The summed E-state index contributed by atoms with van der Waals surface area (Å²) in [5.74, 6) is 1.19. The van der Waals surface area contributed by atoms with Crippen LogP contribution in [0.25, 0.3) is 39.5 Å². The molecule has 0 saturated heterocycles. The van der Waals surface area contributed by atoms with E-state index in [1.54, 1.807) is 12.1 Å². The van der Waals surface area contributed by atoms with Crippen molar-refractivity contribution in [1.82, 2.24) is 19.7 Å². The number of nitrogens with zero attached hydrogens (tertiary/aromatic N) is 3. The van der Waals surface area contributed by atoms with E-state index in [0.29, 0.717) is 0 Å². The first kappa shape index (κ1) is 17.9. The average Bonchev–Trinajstić information content (AvgIpc) is 3.34. The smallest absolute Gasteiger partial charge is 0.161 e. The Morgan fingerprint density at radius 2 is 1.50 bits per heavy atom. The summed E-state index contributed by atoms with van der Waals surface area (Å²) in [5, 5.41) is 7.62. The lowest BCUT2D eigenvalue weighted by molar-refractivity contribution is 0.628. The van der Waals surface area contributed by atoms with Crippen molar-refractivity contribution in [2.45, 2.75) is 0 Å². The van der Waals surface area contributed by atoms with Crippen LogP contribution in [0, 0.1) is 5.82 Å². The molecule has 4 nitrogen and oxygen atoms in total. The molecule has 0 aliphatic heterocycles. The Kier molecular flexibility index (Phi) is 4.67. The van der Waals surface area contributed by atoms with E-state index >= 15 is 0 Å². The third-order valence-corrected chi connectivity index (χ3v) is 4.54. The molecule has 3 aromatic carbocycles. The molecule has 28 heavy (non-hydrogen) atoms. The van der Waals surface area contributed by atoms with Crippen molar-refractivity contribution in [2.24, 2.45) is 0 Å². The molecule has 6 heteroatoms. The minimum Gasteiger partial charge on any atom is -0.276 e. The van der Waals surface area contributed by atoms with Gasteiger partial charge in [0, 0.05) is 11.6 Å². The van der Waals surface area contributed by atoms with Crippen LogP contribution in [0.1, 0.15) is 0 Å². The molecule has 2 aromatic heterocycles. The maximum Gasteiger partial charge on any atom is 0.161 e. The maximum absolute atomic E-state index is 13.4. The van der Waals surface area contributed by atoms with Gasteiger partial charge in [0.15, 0.2) is 5.82 Å². The summed E-state index contributed by atoms with van der Waals surface area (Å²) in [6, 6.07) is 26.3. The number of fused-ring (bicyclic) bond motifs is 1. The molecule has 0 bridgehead atoms. The number of aromatic amines is 1. The zero-order valence-electron chi connectivity index (χ0n) is 14.7. The molecule has 0 fully saturated rings. The fourth-order valence-corrected chi connectivity index (χ4v) is 3.24. The molecule has 0 amide bonds. The van der Waals surface area contributed by atoms with Gasteiger partial charge >= 0.3 is 0 Å². The van der Waals surface area contributed by atoms with Gasteiger partial charge in [0.25, 0.3) is 0 Å². The fraction of sp³-hybridized carbons (Fsp3) is 0. The van der Waals surface area contributed by atoms with Crippen LogP contribution in [0.5, 0.6) is 0 Å². The van der Waals surface area contributed by atoms with Crippen LogP contribution in [-0.4, -0.2) is 19.7 Å². The van der Waals surface area contributed by atoms with Gasteiger partial charge in [-0.2, -0.15) is 5.10 Å². The maximum atomic E-state index is 13.4. The highest BCUT2D eigenvalue weighted by Gasteiger charge is 2.16. The number of para-hydroxylation sites is 2. The number of benzene rings is 3. The lowest BCUT2D eigenvalue weighted by Crippen LogP contribution is -1.98. The minimum atomic E-state index is -0.271. The second kappa shape index (κ2) is 7.29. The summed E-state index contributed by atoms with van der Waals surface area (Å²) >= 11 is 0. The number of rotatable bonds is 3. The highest BCUT2D eigenvalue weighted by molar-refractivity contribution is 5.85. The number of aromatic nitrogens is 4. The Bertz CT molecular complexity index is 1230. The molecule has 5 aromatic rings. The van der Waals surface area contributed by atoms with Crippen LogP contribution in [-0.2, 0) is 0 Å². The average molecular weight is 391 g/mol. The molecule has 0 radical (unpaired) electrons. The van der Waals surface area contributed by atoms with Crippen molar-refractivity contribution in [2.75, 3.05) is 0 Å². The summed E-state index contributed by atoms with van der Waals surface area (Å²) in [7, 11) is 0. The van der Waals surface area contributed by atoms with E-state index in [1.165, 1.54) is 12.1 Å². The number of halogens is 2. The predicted molar refractivity (Wildman–Crippen MR) is 111 cm³/mol. The normalized spacial score (nSPS) is 10.8. The molecule has 2 heterocycles. The van der Waals surface area contributed by atoms with Gasteiger partial charge in [-0.1, -0.05) is 42.5 Å². The Hall–Kier alpha value is -3.44. The SMILES string of the molecule is Cl.Fc1ccc(-c2nc3ccccc3n2-c2cc(-c3ccccc3)[nH]n2)cc1. The number of hydrogen-bond acceptors (Lipinski definition) is 2. The van der Waals surface area contributed by atoms with Crippen molar-refractivity contribution in [3.63, 3.8) is 0 Å². The molecule has 0 aliphatic rings. The molecule has 0 atom stereocenters. The summed E-state index contributed by atoms with van der Waals surface area (Å²) in [5.41, 5.74) is 4.62. The molecule has 0 aliphatic carbocycles. The Balaban J connectivity index is 0.00000192. The summed E-state index contributed by atoms with van der Waals surface area (Å²) < 4.78 is 15.4. The molecular weight excluding hydrogens is 375 g/mol. The predicted octanol–water partition coefficient (Wildman–Crippen LogP) is 5.64. The zero-order valence-corrected chi connectivity index (χ0v) is 15.5. The Labute approximate surface area is 167 Å². The Morgan fingerprint density at radius 3 is 2.29 bits per heavy atom. The summed E-state index contributed by atoms with van der Waals surface area (Å²) in [6.45, 7) is 0. The van der Waals surface area contributed by atoms with Crippen molar-refractivity contribution in [1.29, 1.82) is 0 Å². The van der Waals surface area contributed by atoms with Gasteiger partial charge in [-0.15, -0.1) is 12.4 Å². The van der Waals surface area contributed by atoms with Crippen LogP contribution in [0.2, 0.25) is 0 Å². The standard InChI is InChI=1S/C22H15FN4.ClH/c23-17-12-10-16(11-13-17)22-24-18-8-4-5-9-20(18)27(22)21-14-19(25-26-21)15-6-2-1-3-7-15;/h1-14H,(H,25,26);1H. The zero-order chi connectivity index (χ0) is 18.2. The largest absolute Gasteiger partial charge is 0.276 e. The first-order valence-electron chi connectivity index (χ1n) is 8.64. The van der Waals surface area contributed by atoms with E-state index in [0.717, 1.165) is 39.5 Å².